The van der Waals surface area contributed by atoms with Gasteiger partial charge < -0.3 is 5.32 Å². The molecule has 2 unspecified atom stereocenters. The SMILES string of the molecule is CCC1CN(Cc2ccsc2)C(c2ccccc2)CN1. The predicted octanol–water partition coefficient (Wildman–Crippen LogP) is 3.67. The normalized spacial score (nSPS) is 23.9. The zero-order chi connectivity index (χ0) is 13.8. The van der Waals surface area contributed by atoms with Crippen LogP contribution < -0.4 is 5.32 Å². The summed E-state index contributed by atoms with van der Waals surface area (Å²) in [7, 11) is 0. The Morgan fingerprint density at radius 2 is 2.10 bits per heavy atom. The number of nitrogens with one attached hydrogen (secondary N) is 1. The van der Waals surface area contributed by atoms with Crippen LogP contribution in [0, 0.1) is 0 Å². The van der Waals surface area contributed by atoms with Crippen molar-refractivity contribution in [1.82, 2.24) is 10.2 Å². The summed E-state index contributed by atoms with van der Waals surface area (Å²) in [6, 6.07) is 14.2. The molecule has 1 saturated heterocycles. The van der Waals surface area contributed by atoms with E-state index in [-0.39, 0.29) is 0 Å². The Morgan fingerprint density at radius 1 is 1.25 bits per heavy atom. The van der Waals surface area contributed by atoms with Crippen LogP contribution in [0.1, 0.15) is 30.5 Å². The van der Waals surface area contributed by atoms with Crippen molar-refractivity contribution >= 4 is 11.3 Å². The van der Waals surface area contributed by atoms with Gasteiger partial charge >= 0.3 is 0 Å². The summed E-state index contributed by atoms with van der Waals surface area (Å²) in [5.74, 6) is 0. The van der Waals surface area contributed by atoms with Crippen LogP contribution in [-0.4, -0.2) is 24.0 Å². The molecule has 0 radical (unpaired) electrons. The number of hydrogen-bond donors (Lipinski definition) is 1. The number of piperazine rings is 1. The van der Waals surface area contributed by atoms with Crippen LogP contribution >= 0.6 is 11.3 Å². The Bertz CT molecular complexity index is 509. The Labute approximate surface area is 125 Å². The molecule has 1 aliphatic rings. The minimum absolute atomic E-state index is 0.485. The van der Waals surface area contributed by atoms with E-state index in [9.17, 15) is 0 Å². The van der Waals surface area contributed by atoms with E-state index in [1.165, 1.54) is 17.5 Å². The number of thiophene rings is 1. The van der Waals surface area contributed by atoms with Crippen LogP contribution in [0.25, 0.3) is 0 Å². The molecule has 0 spiro atoms. The molecular formula is C17H22N2S. The molecule has 2 atom stereocenters. The quantitative estimate of drug-likeness (QED) is 0.922. The molecule has 1 aromatic carbocycles. The topological polar surface area (TPSA) is 15.3 Å². The number of nitrogens with zero attached hydrogens (tertiary/aromatic N) is 1. The summed E-state index contributed by atoms with van der Waals surface area (Å²) in [4.78, 5) is 2.63. The molecule has 0 aliphatic carbocycles. The predicted molar refractivity (Wildman–Crippen MR) is 86.0 cm³/mol. The highest BCUT2D eigenvalue weighted by molar-refractivity contribution is 7.07. The first-order chi connectivity index (χ1) is 9.86. The van der Waals surface area contributed by atoms with Crippen LogP contribution in [-0.2, 0) is 6.54 Å². The van der Waals surface area contributed by atoms with Gasteiger partial charge in [-0.1, -0.05) is 37.3 Å². The van der Waals surface area contributed by atoms with Crippen molar-refractivity contribution in [3.63, 3.8) is 0 Å². The van der Waals surface area contributed by atoms with Crippen molar-refractivity contribution in [1.29, 1.82) is 0 Å². The molecule has 2 heterocycles. The Hall–Kier alpha value is -1.16. The highest BCUT2D eigenvalue weighted by Crippen LogP contribution is 2.26. The summed E-state index contributed by atoms with van der Waals surface area (Å²) in [6.45, 7) is 5.50. The van der Waals surface area contributed by atoms with Crippen molar-refractivity contribution < 1.29 is 0 Å². The van der Waals surface area contributed by atoms with Crippen LogP contribution in [0.2, 0.25) is 0 Å². The monoisotopic (exact) mass is 286 g/mol. The van der Waals surface area contributed by atoms with Gasteiger partial charge in [-0.2, -0.15) is 11.3 Å². The maximum atomic E-state index is 3.69. The fourth-order valence-electron chi connectivity index (χ4n) is 2.95. The second-order valence-electron chi connectivity index (χ2n) is 5.50. The minimum Gasteiger partial charge on any atom is -0.311 e. The molecule has 0 saturated carbocycles. The minimum atomic E-state index is 0.485. The molecule has 3 rings (SSSR count). The van der Waals surface area contributed by atoms with E-state index >= 15 is 0 Å². The van der Waals surface area contributed by atoms with Gasteiger partial charge in [0, 0.05) is 31.7 Å². The third-order valence-corrected chi connectivity index (χ3v) is 4.87. The average molecular weight is 286 g/mol. The molecule has 2 aromatic rings. The molecule has 20 heavy (non-hydrogen) atoms. The molecule has 2 nitrogen and oxygen atoms in total. The van der Waals surface area contributed by atoms with Gasteiger partial charge in [-0.15, -0.1) is 0 Å². The molecule has 3 heteroatoms. The maximum Gasteiger partial charge on any atom is 0.0476 e. The first-order valence-corrected chi connectivity index (χ1v) is 8.34. The maximum absolute atomic E-state index is 3.69. The molecule has 0 bridgehead atoms. The Kier molecular flexibility index (Phi) is 4.51. The molecule has 1 aromatic heterocycles. The second-order valence-corrected chi connectivity index (χ2v) is 6.28. The second kappa shape index (κ2) is 6.53. The Morgan fingerprint density at radius 3 is 2.80 bits per heavy atom. The first-order valence-electron chi connectivity index (χ1n) is 7.40. The number of rotatable bonds is 4. The fourth-order valence-corrected chi connectivity index (χ4v) is 3.61. The zero-order valence-corrected chi connectivity index (χ0v) is 12.8. The summed E-state index contributed by atoms with van der Waals surface area (Å²) in [5, 5.41) is 8.13. The largest absolute Gasteiger partial charge is 0.311 e. The van der Waals surface area contributed by atoms with Crippen LogP contribution in [0.4, 0.5) is 0 Å². The van der Waals surface area contributed by atoms with E-state index in [1.807, 2.05) is 0 Å². The molecule has 1 N–H and O–H groups in total. The number of benzene rings is 1. The van der Waals surface area contributed by atoms with Crippen molar-refractivity contribution in [2.45, 2.75) is 32.0 Å². The van der Waals surface area contributed by atoms with E-state index in [1.54, 1.807) is 11.3 Å². The lowest BCUT2D eigenvalue weighted by atomic mass is 9.99. The van der Waals surface area contributed by atoms with E-state index in [0.29, 0.717) is 12.1 Å². The van der Waals surface area contributed by atoms with Crippen LogP contribution in [0.5, 0.6) is 0 Å². The van der Waals surface area contributed by atoms with E-state index in [4.69, 9.17) is 0 Å². The smallest absolute Gasteiger partial charge is 0.0476 e. The van der Waals surface area contributed by atoms with Gasteiger partial charge in [-0.3, -0.25) is 4.90 Å². The third-order valence-electron chi connectivity index (χ3n) is 4.14. The van der Waals surface area contributed by atoms with Gasteiger partial charge in [0.1, 0.15) is 0 Å². The molecule has 0 amide bonds. The zero-order valence-electron chi connectivity index (χ0n) is 12.0. The van der Waals surface area contributed by atoms with Crippen molar-refractivity contribution in [3.05, 3.63) is 58.3 Å². The molecule has 1 aliphatic heterocycles. The average Bonchev–Trinajstić information content (AvgIpc) is 3.01. The van der Waals surface area contributed by atoms with Crippen molar-refractivity contribution in [3.8, 4) is 0 Å². The summed E-state index contributed by atoms with van der Waals surface area (Å²) < 4.78 is 0. The molecular weight excluding hydrogens is 264 g/mol. The lowest BCUT2D eigenvalue weighted by Gasteiger charge is -2.40. The third kappa shape index (κ3) is 3.11. The summed E-state index contributed by atoms with van der Waals surface area (Å²) in [6.07, 6.45) is 1.20. The highest BCUT2D eigenvalue weighted by atomic mass is 32.1. The lowest BCUT2D eigenvalue weighted by molar-refractivity contribution is 0.121. The highest BCUT2D eigenvalue weighted by Gasteiger charge is 2.28. The van der Waals surface area contributed by atoms with Crippen molar-refractivity contribution in [2.75, 3.05) is 13.1 Å². The number of hydrogen-bond acceptors (Lipinski definition) is 3. The van der Waals surface area contributed by atoms with Gasteiger partial charge in [0.25, 0.3) is 0 Å². The van der Waals surface area contributed by atoms with Crippen LogP contribution in [0.15, 0.2) is 47.2 Å². The van der Waals surface area contributed by atoms with Crippen molar-refractivity contribution in [2.24, 2.45) is 0 Å². The Balaban J connectivity index is 1.79. The van der Waals surface area contributed by atoms with E-state index in [2.05, 4.69) is 64.3 Å². The van der Waals surface area contributed by atoms with Gasteiger partial charge in [0.2, 0.25) is 0 Å². The molecule has 106 valence electrons. The standard InChI is InChI=1S/C17H22N2S/c1-2-16-12-19(11-14-8-9-20-13-14)17(10-18-16)15-6-4-3-5-7-15/h3-9,13,16-18H,2,10-12H2,1H3. The van der Waals surface area contributed by atoms with Gasteiger partial charge in [0.05, 0.1) is 0 Å². The lowest BCUT2D eigenvalue weighted by Crippen LogP contribution is -2.51. The summed E-state index contributed by atoms with van der Waals surface area (Å²) >= 11 is 1.79. The molecule has 1 fully saturated rings. The van der Waals surface area contributed by atoms with Gasteiger partial charge in [-0.25, -0.2) is 0 Å². The van der Waals surface area contributed by atoms with Gasteiger partial charge in [0.15, 0.2) is 0 Å². The first kappa shape index (κ1) is 13.8. The van der Waals surface area contributed by atoms with E-state index in [0.717, 1.165) is 19.6 Å². The van der Waals surface area contributed by atoms with E-state index < -0.39 is 0 Å². The van der Waals surface area contributed by atoms with Crippen LogP contribution in [0.3, 0.4) is 0 Å². The fraction of sp³-hybridized carbons (Fsp3) is 0.412. The summed E-state index contributed by atoms with van der Waals surface area (Å²) in [5.41, 5.74) is 2.86. The van der Waals surface area contributed by atoms with Gasteiger partial charge in [-0.05, 0) is 34.4 Å².